The van der Waals surface area contributed by atoms with Crippen LogP contribution in [0.5, 0.6) is 0 Å². The van der Waals surface area contributed by atoms with Gasteiger partial charge in [-0.25, -0.2) is 18.4 Å². The van der Waals surface area contributed by atoms with Crippen LogP contribution in [0, 0.1) is 13.8 Å². The number of aromatic nitrogens is 5. The van der Waals surface area contributed by atoms with Crippen molar-refractivity contribution in [1.82, 2.24) is 24.5 Å². The Kier molecular flexibility index (Phi) is 5.06. The van der Waals surface area contributed by atoms with E-state index in [-0.39, 0.29) is 34.7 Å². The van der Waals surface area contributed by atoms with Crippen LogP contribution in [0.3, 0.4) is 0 Å². The number of hydrogen-bond acceptors (Lipinski definition) is 5. The largest absolute Gasteiger partial charge is 0.463 e. The van der Waals surface area contributed by atoms with Gasteiger partial charge in [-0.15, -0.1) is 0 Å². The second kappa shape index (κ2) is 7.69. The van der Waals surface area contributed by atoms with Crippen molar-refractivity contribution >= 4 is 22.6 Å². The van der Waals surface area contributed by atoms with E-state index in [4.69, 9.17) is 4.42 Å². The van der Waals surface area contributed by atoms with Crippen LogP contribution < -0.4 is 5.32 Å². The molecule has 0 atom stereocenters. The number of alkyl halides is 2. The zero-order valence-electron chi connectivity index (χ0n) is 16.7. The van der Waals surface area contributed by atoms with Gasteiger partial charge in [0.1, 0.15) is 12.2 Å². The maximum Gasteiger partial charge on any atom is 0.264 e. The smallest absolute Gasteiger partial charge is 0.264 e. The number of pyridine rings is 1. The predicted octanol–water partition coefficient (Wildman–Crippen LogP) is 4.10. The molecule has 0 unspecified atom stereocenters. The minimum Gasteiger partial charge on any atom is -0.463 e. The molecule has 0 saturated heterocycles. The molecule has 156 valence electrons. The molecule has 4 aromatic rings. The number of amides is 1. The Balaban J connectivity index is 1.71. The van der Waals surface area contributed by atoms with Gasteiger partial charge in [0.2, 0.25) is 5.91 Å². The number of carbonyl (C=O) groups is 1. The lowest BCUT2D eigenvalue weighted by Crippen LogP contribution is -2.20. The summed E-state index contributed by atoms with van der Waals surface area (Å²) in [6, 6.07) is 4.59. The summed E-state index contributed by atoms with van der Waals surface area (Å²) in [6.45, 7) is 5.92. The molecule has 0 aliphatic heterocycles. The third kappa shape index (κ3) is 3.44. The first-order chi connectivity index (χ1) is 14.4. The van der Waals surface area contributed by atoms with Gasteiger partial charge in [-0.1, -0.05) is 0 Å². The summed E-state index contributed by atoms with van der Waals surface area (Å²) < 4.78 is 35.9. The Morgan fingerprint density at radius 2 is 2.10 bits per heavy atom. The molecule has 4 aromatic heterocycles. The molecule has 0 spiro atoms. The molecule has 0 fully saturated rings. The number of furan rings is 1. The van der Waals surface area contributed by atoms with Crippen molar-refractivity contribution in [2.24, 2.45) is 0 Å². The highest BCUT2D eigenvalue weighted by Gasteiger charge is 2.22. The van der Waals surface area contributed by atoms with Crippen LogP contribution in [0.1, 0.15) is 30.3 Å². The Morgan fingerprint density at radius 1 is 1.30 bits per heavy atom. The van der Waals surface area contributed by atoms with E-state index < -0.39 is 6.43 Å². The first-order valence-corrected chi connectivity index (χ1v) is 9.41. The van der Waals surface area contributed by atoms with E-state index in [0.717, 1.165) is 5.69 Å². The van der Waals surface area contributed by atoms with E-state index >= 15 is 0 Å². The molecular formula is C20H20F2N6O2. The molecular weight excluding hydrogens is 394 g/mol. The van der Waals surface area contributed by atoms with Crippen LogP contribution >= 0.6 is 0 Å². The summed E-state index contributed by atoms with van der Waals surface area (Å²) in [7, 11) is 0. The summed E-state index contributed by atoms with van der Waals surface area (Å²) in [5, 5.41) is 11.5. The lowest BCUT2D eigenvalue weighted by Gasteiger charge is -2.08. The molecule has 8 nitrogen and oxygen atoms in total. The third-order valence-electron chi connectivity index (χ3n) is 4.89. The Labute approximate surface area is 170 Å². The third-order valence-corrected chi connectivity index (χ3v) is 4.89. The number of nitrogens with zero attached hydrogens (tertiary/aromatic N) is 5. The average Bonchev–Trinajstić information content (AvgIpc) is 3.43. The van der Waals surface area contributed by atoms with Crippen molar-refractivity contribution in [3.05, 3.63) is 47.6 Å². The second-order valence-corrected chi connectivity index (χ2v) is 6.82. The monoisotopic (exact) mass is 414 g/mol. The lowest BCUT2D eigenvalue weighted by atomic mass is 10.1. The van der Waals surface area contributed by atoms with Crippen molar-refractivity contribution in [3.63, 3.8) is 0 Å². The molecule has 1 amide bonds. The Bertz CT molecular complexity index is 1210. The number of hydrogen-bond donors (Lipinski definition) is 1. The zero-order chi connectivity index (χ0) is 21.4. The van der Waals surface area contributed by atoms with Crippen LogP contribution in [0.2, 0.25) is 0 Å². The number of carbonyl (C=O) groups excluding carboxylic acids is 1. The number of halogens is 2. The summed E-state index contributed by atoms with van der Waals surface area (Å²) >= 11 is 0. The number of nitrogens with one attached hydrogen (secondary N) is 1. The molecule has 0 bridgehead atoms. The van der Waals surface area contributed by atoms with Crippen LogP contribution in [0.25, 0.3) is 22.5 Å². The van der Waals surface area contributed by atoms with Gasteiger partial charge < -0.3 is 9.73 Å². The molecule has 0 aromatic carbocycles. The van der Waals surface area contributed by atoms with E-state index in [1.165, 1.54) is 17.0 Å². The van der Waals surface area contributed by atoms with Crippen molar-refractivity contribution in [1.29, 1.82) is 0 Å². The van der Waals surface area contributed by atoms with E-state index in [9.17, 15) is 13.6 Å². The van der Waals surface area contributed by atoms with E-state index in [0.29, 0.717) is 23.7 Å². The van der Waals surface area contributed by atoms with Crippen LogP contribution in [-0.2, 0) is 17.9 Å². The number of fused-ring (bicyclic) bond motifs is 1. The minimum atomic E-state index is -2.73. The van der Waals surface area contributed by atoms with Crippen molar-refractivity contribution < 1.29 is 18.0 Å². The van der Waals surface area contributed by atoms with Gasteiger partial charge in [-0.3, -0.25) is 9.48 Å². The van der Waals surface area contributed by atoms with Crippen LogP contribution in [0.15, 0.2) is 35.1 Å². The SMILES string of the molecule is CCn1ncc(NC(=O)Cn2nc(C)c3c(C(F)F)cc(-c4ccco4)nc32)c1C. The fourth-order valence-corrected chi connectivity index (χ4v) is 3.43. The summed E-state index contributed by atoms with van der Waals surface area (Å²) in [6.07, 6.45) is 0.292. The fourth-order valence-electron chi connectivity index (χ4n) is 3.43. The molecule has 0 radical (unpaired) electrons. The van der Waals surface area contributed by atoms with Gasteiger partial charge in [-0.2, -0.15) is 10.2 Å². The summed E-state index contributed by atoms with van der Waals surface area (Å²) in [4.78, 5) is 17.1. The highest BCUT2D eigenvalue weighted by molar-refractivity contribution is 5.92. The highest BCUT2D eigenvalue weighted by atomic mass is 19.3. The maximum atomic E-state index is 13.8. The Morgan fingerprint density at radius 3 is 2.73 bits per heavy atom. The van der Waals surface area contributed by atoms with Gasteiger partial charge in [0, 0.05) is 12.1 Å². The zero-order valence-corrected chi connectivity index (χ0v) is 16.7. The number of aryl methyl sites for hydroxylation is 2. The van der Waals surface area contributed by atoms with Crippen LogP contribution in [0.4, 0.5) is 14.5 Å². The van der Waals surface area contributed by atoms with Gasteiger partial charge in [0.15, 0.2) is 11.4 Å². The number of rotatable bonds is 6. The maximum absolute atomic E-state index is 13.8. The van der Waals surface area contributed by atoms with Crippen molar-refractivity contribution in [2.45, 2.75) is 40.3 Å². The molecule has 0 aliphatic carbocycles. The summed E-state index contributed by atoms with van der Waals surface area (Å²) in [5.74, 6) is -0.00166. The van der Waals surface area contributed by atoms with Gasteiger partial charge >= 0.3 is 0 Å². The molecule has 30 heavy (non-hydrogen) atoms. The van der Waals surface area contributed by atoms with E-state index in [1.807, 2.05) is 13.8 Å². The predicted molar refractivity (Wildman–Crippen MR) is 106 cm³/mol. The highest BCUT2D eigenvalue weighted by Crippen LogP contribution is 2.33. The van der Waals surface area contributed by atoms with E-state index in [2.05, 4.69) is 20.5 Å². The Hall–Kier alpha value is -3.56. The van der Waals surface area contributed by atoms with Gasteiger partial charge in [0.05, 0.1) is 34.9 Å². The second-order valence-electron chi connectivity index (χ2n) is 6.82. The fraction of sp³-hybridized carbons (Fsp3) is 0.300. The minimum absolute atomic E-state index is 0.182. The van der Waals surface area contributed by atoms with Gasteiger partial charge in [0.25, 0.3) is 6.43 Å². The van der Waals surface area contributed by atoms with Gasteiger partial charge in [-0.05, 0) is 39.0 Å². The van der Waals surface area contributed by atoms with E-state index in [1.54, 1.807) is 29.9 Å². The number of anilines is 1. The topological polar surface area (TPSA) is 90.8 Å². The van der Waals surface area contributed by atoms with Crippen LogP contribution in [-0.4, -0.2) is 30.5 Å². The molecule has 0 saturated carbocycles. The average molecular weight is 414 g/mol. The normalized spacial score (nSPS) is 11.5. The standard InChI is InChI=1S/C20H20F2N6O2/c1-4-27-12(3)15(9-23-27)24-17(29)10-28-20-18(11(2)26-28)13(19(21)22)8-14(25-20)16-6-5-7-30-16/h5-9,19H,4,10H2,1-3H3,(H,24,29). The molecule has 1 N–H and O–H groups in total. The van der Waals surface area contributed by atoms with Crippen molar-refractivity contribution in [3.8, 4) is 11.5 Å². The molecule has 10 heteroatoms. The lowest BCUT2D eigenvalue weighted by molar-refractivity contribution is -0.116. The molecule has 4 rings (SSSR count). The molecule has 4 heterocycles. The summed E-state index contributed by atoms with van der Waals surface area (Å²) in [5.41, 5.74) is 2.05. The quantitative estimate of drug-likeness (QED) is 0.513. The first-order valence-electron chi connectivity index (χ1n) is 9.41. The molecule has 0 aliphatic rings. The first kappa shape index (κ1) is 19.7. The van der Waals surface area contributed by atoms with Crippen molar-refractivity contribution in [2.75, 3.05) is 5.32 Å².